The molecule has 60 heavy (non-hydrogen) atoms. The predicted molar refractivity (Wildman–Crippen MR) is 238 cm³/mol. The Kier molecular flexibility index (Phi) is 24.2. The van der Waals surface area contributed by atoms with Crippen LogP contribution in [0.15, 0.2) is 74.9 Å². The molecule has 0 aliphatic carbocycles. The molecule has 2 amide bonds. The molecule has 0 saturated carbocycles. The van der Waals surface area contributed by atoms with Crippen LogP contribution in [0.25, 0.3) is 0 Å². The molecule has 0 bridgehead atoms. The Labute approximate surface area is 358 Å². The fourth-order valence-corrected chi connectivity index (χ4v) is 10.8. The number of ketones is 2. The Bertz CT molecular complexity index is 1440. The number of carbonyl (C=O) groups is 6. The maximum absolute atomic E-state index is 12.5. The third kappa shape index (κ3) is 22.1. The van der Waals surface area contributed by atoms with E-state index < -0.39 is 51.4 Å². The average molecular weight is 873 g/mol. The van der Waals surface area contributed by atoms with Crippen molar-refractivity contribution in [3.8, 4) is 0 Å². The van der Waals surface area contributed by atoms with Gasteiger partial charge in [-0.05, 0) is 51.7 Å². The molecule has 0 aromatic heterocycles. The Morgan fingerprint density at radius 1 is 0.550 bits per heavy atom. The Balaban J connectivity index is 2.44. The van der Waals surface area contributed by atoms with Crippen LogP contribution in [0.3, 0.4) is 0 Å². The van der Waals surface area contributed by atoms with E-state index in [1.54, 1.807) is 13.8 Å². The third-order valence-corrected chi connectivity index (χ3v) is 17.1. The van der Waals surface area contributed by atoms with Gasteiger partial charge in [0.15, 0.2) is 11.6 Å². The van der Waals surface area contributed by atoms with Crippen LogP contribution in [0.4, 0.5) is 9.59 Å². The van der Waals surface area contributed by atoms with E-state index in [9.17, 15) is 28.8 Å². The molecule has 0 heterocycles. The van der Waals surface area contributed by atoms with Gasteiger partial charge in [0.2, 0.25) is 0 Å². The second-order valence-corrected chi connectivity index (χ2v) is 26.1. The Hall–Kier alpha value is -4.65. The molecule has 0 spiro atoms. The first-order chi connectivity index (χ1) is 28.2. The van der Waals surface area contributed by atoms with E-state index in [1.165, 1.54) is 22.5 Å². The molecule has 0 atom stereocenters. The second-order valence-electron chi connectivity index (χ2n) is 16.4. The van der Waals surface area contributed by atoms with Gasteiger partial charge in [-0.1, -0.05) is 99.2 Å². The maximum atomic E-state index is 12.5. The lowest BCUT2D eigenvalue weighted by Gasteiger charge is -2.30. The summed E-state index contributed by atoms with van der Waals surface area (Å²) in [4.78, 5) is 71.6. The molecule has 0 radical (unpaired) electrons. The number of alkyl carbamates (subject to hydrolysis) is 2. The van der Waals surface area contributed by atoms with Gasteiger partial charge in [0.05, 0.1) is 29.4 Å². The molecule has 1 aromatic rings. The van der Waals surface area contributed by atoms with Crippen LogP contribution >= 0.6 is 0 Å². The summed E-state index contributed by atoms with van der Waals surface area (Å²) >= 11 is 0. The van der Waals surface area contributed by atoms with Crippen molar-refractivity contribution < 1.29 is 57.2 Å². The Morgan fingerprint density at radius 2 is 0.917 bits per heavy atom. The zero-order valence-corrected chi connectivity index (χ0v) is 38.7. The number of hydrogen-bond donors (Lipinski definition) is 2. The van der Waals surface area contributed by atoms with Crippen molar-refractivity contribution in [1.29, 1.82) is 0 Å². The van der Waals surface area contributed by atoms with E-state index in [4.69, 9.17) is 28.4 Å². The van der Waals surface area contributed by atoms with Gasteiger partial charge in [-0.3, -0.25) is 9.59 Å². The fourth-order valence-electron chi connectivity index (χ4n) is 5.99. The highest BCUT2D eigenvalue weighted by atomic mass is 28.3. The standard InChI is InChI=1S/C44H68N2O12Si2/c1-11-35(47)21-23-43(5,24-22-36(48)12-2)45-41(51)55-29-27-53-25-15-31-59(7,8)37-17-19-38(20-18-37)60(9,10)32-16-26-54-28-30-56-42(52)46-44(6,33-57-39(49)13-3)34-58-40(50)14-4/h11-14,17-20H,1-4,15-16,21-34H2,5-10H3,(H,45,51)(H,46,52). The molecule has 14 nitrogen and oxygen atoms in total. The van der Waals surface area contributed by atoms with Crippen molar-refractivity contribution in [2.24, 2.45) is 0 Å². The summed E-state index contributed by atoms with van der Waals surface area (Å²) in [6.45, 7) is 27.5. The minimum atomic E-state index is -1.74. The number of carbonyl (C=O) groups excluding carboxylic acids is 6. The largest absolute Gasteiger partial charge is 0.460 e. The summed E-state index contributed by atoms with van der Waals surface area (Å²) in [5, 5.41) is 8.15. The molecular weight excluding hydrogens is 805 g/mol. The van der Waals surface area contributed by atoms with Gasteiger partial charge in [-0.15, -0.1) is 0 Å². The van der Waals surface area contributed by atoms with E-state index >= 15 is 0 Å². The highest BCUT2D eigenvalue weighted by molar-refractivity contribution is 6.91. The van der Waals surface area contributed by atoms with Crippen molar-refractivity contribution in [2.45, 2.75) is 102 Å². The highest BCUT2D eigenvalue weighted by Gasteiger charge is 2.32. The van der Waals surface area contributed by atoms with E-state index in [-0.39, 0.29) is 64.0 Å². The molecule has 0 aliphatic rings. The van der Waals surface area contributed by atoms with Gasteiger partial charge < -0.3 is 39.1 Å². The summed E-state index contributed by atoms with van der Waals surface area (Å²) in [6.07, 6.45) is 5.89. The topological polar surface area (TPSA) is 182 Å². The highest BCUT2D eigenvalue weighted by Crippen LogP contribution is 2.21. The summed E-state index contributed by atoms with van der Waals surface area (Å²) in [5.41, 5.74) is -2.04. The van der Waals surface area contributed by atoms with E-state index in [0.717, 1.165) is 37.1 Å². The van der Waals surface area contributed by atoms with E-state index in [1.807, 2.05) is 0 Å². The first-order valence-electron chi connectivity index (χ1n) is 20.3. The smallest absolute Gasteiger partial charge is 0.407 e. The van der Waals surface area contributed by atoms with Crippen LogP contribution in [-0.2, 0) is 47.6 Å². The van der Waals surface area contributed by atoms with Gasteiger partial charge in [0.1, 0.15) is 32.0 Å². The second kappa shape index (κ2) is 27.2. The number of ether oxygens (including phenoxy) is 6. The lowest BCUT2D eigenvalue weighted by Crippen LogP contribution is -2.53. The van der Waals surface area contributed by atoms with Gasteiger partial charge in [-0.2, -0.15) is 0 Å². The van der Waals surface area contributed by atoms with Crippen molar-refractivity contribution in [3.63, 3.8) is 0 Å². The maximum Gasteiger partial charge on any atom is 0.407 e. The molecule has 16 heteroatoms. The number of nitrogens with one attached hydrogen (secondary N) is 2. The molecule has 0 unspecified atom stereocenters. The normalized spacial score (nSPS) is 11.7. The van der Waals surface area contributed by atoms with Crippen molar-refractivity contribution in [1.82, 2.24) is 10.6 Å². The van der Waals surface area contributed by atoms with Crippen LogP contribution in [0.2, 0.25) is 38.3 Å². The van der Waals surface area contributed by atoms with E-state index in [2.05, 4.69) is 87.4 Å². The molecule has 0 aliphatic heterocycles. The third-order valence-electron chi connectivity index (χ3n) is 10.1. The van der Waals surface area contributed by atoms with Crippen molar-refractivity contribution in [2.75, 3.05) is 52.9 Å². The van der Waals surface area contributed by atoms with E-state index in [0.29, 0.717) is 26.1 Å². The quantitative estimate of drug-likeness (QED) is 0.0291. The zero-order chi connectivity index (χ0) is 45.2. The number of benzene rings is 1. The average Bonchev–Trinajstić information content (AvgIpc) is 3.22. The minimum absolute atomic E-state index is 0.00696. The van der Waals surface area contributed by atoms with Crippen LogP contribution in [0, 0.1) is 0 Å². The van der Waals surface area contributed by atoms with Gasteiger partial charge in [0, 0.05) is 43.7 Å². The molecule has 0 fully saturated rings. The molecule has 334 valence electrons. The first-order valence-corrected chi connectivity index (χ1v) is 26.7. The van der Waals surface area contributed by atoms with Crippen LogP contribution in [0.1, 0.15) is 52.4 Å². The number of esters is 2. The predicted octanol–water partition coefficient (Wildman–Crippen LogP) is 5.83. The summed E-state index contributed by atoms with van der Waals surface area (Å²) < 4.78 is 32.1. The van der Waals surface area contributed by atoms with Crippen LogP contribution in [0.5, 0.6) is 0 Å². The molecule has 1 rings (SSSR count). The molecule has 0 saturated heterocycles. The Morgan fingerprint density at radius 3 is 1.27 bits per heavy atom. The molecular formula is C44H68N2O12Si2. The van der Waals surface area contributed by atoms with Crippen LogP contribution in [-0.4, -0.2) is 116 Å². The number of allylic oxidation sites excluding steroid dienone is 2. The zero-order valence-electron chi connectivity index (χ0n) is 36.7. The van der Waals surface area contributed by atoms with Crippen molar-refractivity contribution >= 4 is 62.2 Å². The lowest BCUT2D eigenvalue weighted by molar-refractivity contribution is -0.144. The van der Waals surface area contributed by atoms with Crippen molar-refractivity contribution in [3.05, 3.63) is 74.9 Å². The lowest BCUT2D eigenvalue weighted by atomic mass is 9.88. The van der Waals surface area contributed by atoms with Gasteiger partial charge in [0.25, 0.3) is 0 Å². The summed E-state index contributed by atoms with van der Waals surface area (Å²) in [6, 6.07) is 11.1. The summed E-state index contributed by atoms with van der Waals surface area (Å²) in [7, 11) is -3.46. The SMILES string of the molecule is C=CC(=O)CCC(C)(CCC(=O)C=C)NC(=O)OCCOCCC[Si](C)(C)c1ccc([Si](C)(C)CCCOCCOC(=O)NC(C)(COC(=O)C=C)COC(=O)C=C)cc1. The van der Waals surface area contributed by atoms with Gasteiger partial charge in [-0.25, -0.2) is 19.2 Å². The number of hydrogen-bond acceptors (Lipinski definition) is 12. The monoisotopic (exact) mass is 872 g/mol. The van der Waals surface area contributed by atoms with Crippen LogP contribution < -0.4 is 21.0 Å². The number of amides is 2. The van der Waals surface area contributed by atoms with Gasteiger partial charge >= 0.3 is 24.1 Å². The number of rotatable bonds is 32. The minimum Gasteiger partial charge on any atom is -0.460 e. The first kappa shape index (κ1) is 53.4. The molecule has 1 aromatic carbocycles. The molecule has 2 N–H and O–H groups in total. The summed E-state index contributed by atoms with van der Waals surface area (Å²) in [5.74, 6) is -1.66. The fraction of sp³-hybridized carbons (Fsp3) is 0.545.